The number of benzene rings is 2. The molecule has 1 aliphatic rings. The molecule has 0 amide bonds. The number of hydrogen-bond donors (Lipinski definition) is 0. The van der Waals surface area contributed by atoms with Gasteiger partial charge in [0.25, 0.3) is 0 Å². The van der Waals surface area contributed by atoms with Gasteiger partial charge in [-0.25, -0.2) is 0 Å². The van der Waals surface area contributed by atoms with Crippen molar-refractivity contribution in [3.63, 3.8) is 0 Å². The molecule has 3 aromatic rings. The Balaban J connectivity index is 1.98. The van der Waals surface area contributed by atoms with Crippen molar-refractivity contribution in [3.05, 3.63) is 52.7 Å². The van der Waals surface area contributed by atoms with Crippen LogP contribution in [0, 0.1) is 0 Å². The van der Waals surface area contributed by atoms with E-state index in [4.69, 9.17) is 4.42 Å². The van der Waals surface area contributed by atoms with Gasteiger partial charge in [0.2, 0.25) is 5.43 Å². The molecule has 20 heavy (non-hydrogen) atoms. The average molecular weight is 265 g/mol. The maximum Gasteiger partial charge on any atom is 0.200 e. The van der Waals surface area contributed by atoms with Crippen molar-refractivity contribution in [1.29, 1.82) is 0 Å². The Hall–Kier alpha value is -2.29. The van der Waals surface area contributed by atoms with E-state index in [0.717, 1.165) is 18.8 Å². The molecular weight excluding hydrogens is 250 g/mol. The van der Waals surface area contributed by atoms with E-state index in [1.54, 1.807) is 0 Å². The molecule has 0 unspecified atom stereocenters. The zero-order chi connectivity index (χ0) is 13.5. The van der Waals surface area contributed by atoms with Crippen molar-refractivity contribution >= 4 is 27.6 Å². The van der Waals surface area contributed by atoms with Gasteiger partial charge in [-0.15, -0.1) is 0 Å². The molecule has 0 bridgehead atoms. The van der Waals surface area contributed by atoms with Crippen LogP contribution in [0.5, 0.6) is 0 Å². The molecule has 2 aromatic carbocycles. The first-order valence-electron chi connectivity index (χ1n) is 7.03. The molecule has 1 aromatic heterocycles. The summed E-state index contributed by atoms with van der Waals surface area (Å²) < 4.78 is 5.90. The lowest BCUT2D eigenvalue weighted by Gasteiger charge is -2.17. The minimum atomic E-state index is 0.0508. The largest absolute Gasteiger partial charge is 0.456 e. The van der Waals surface area contributed by atoms with Crippen LogP contribution in [0.15, 0.2) is 51.7 Å². The van der Waals surface area contributed by atoms with Gasteiger partial charge in [0, 0.05) is 24.8 Å². The summed E-state index contributed by atoms with van der Waals surface area (Å²) in [6, 6.07) is 13.3. The van der Waals surface area contributed by atoms with Crippen LogP contribution in [-0.4, -0.2) is 13.1 Å². The molecule has 0 aliphatic carbocycles. The van der Waals surface area contributed by atoms with Gasteiger partial charge in [-0.05, 0) is 37.1 Å². The van der Waals surface area contributed by atoms with Crippen LogP contribution in [0.4, 0.5) is 5.69 Å². The van der Waals surface area contributed by atoms with E-state index < -0.39 is 0 Å². The standard InChI is InChI=1S/C17H15NO2/c19-17-13-5-1-2-6-15(13)20-16-11-12(7-8-14(16)17)18-9-3-4-10-18/h1-2,5-8,11H,3-4,9-10H2. The third-order valence-electron chi connectivity index (χ3n) is 4.03. The van der Waals surface area contributed by atoms with E-state index >= 15 is 0 Å². The normalized spacial score (nSPS) is 15.3. The fraction of sp³-hybridized carbons (Fsp3) is 0.235. The summed E-state index contributed by atoms with van der Waals surface area (Å²) in [5, 5.41) is 1.31. The first-order chi connectivity index (χ1) is 9.83. The number of hydrogen-bond acceptors (Lipinski definition) is 3. The van der Waals surface area contributed by atoms with E-state index in [1.807, 2.05) is 42.5 Å². The smallest absolute Gasteiger partial charge is 0.200 e. The monoisotopic (exact) mass is 265 g/mol. The first kappa shape index (κ1) is 11.5. The van der Waals surface area contributed by atoms with E-state index in [9.17, 15) is 4.79 Å². The molecule has 4 rings (SSSR count). The van der Waals surface area contributed by atoms with E-state index in [2.05, 4.69) is 4.90 Å². The molecule has 0 saturated carbocycles. The highest BCUT2D eigenvalue weighted by Gasteiger charge is 2.14. The van der Waals surface area contributed by atoms with Crippen LogP contribution < -0.4 is 10.3 Å². The Morgan fingerprint density at radius 2 is 1.65 bits per heavy atom. The summed E-state index contributed by atoms with van der Waals surface area (Å²) in [5.41, 5.74) is 2.53. The molecular formula is C17H15NO2. The fourth-order valence-electron chi connectivity index (χ4n) is 2.96. The second-order valence-electron chi connectivity index (χ2n) is 5.30. The van der Waals surface area contributed by atoms with Crippen LogP contribution in [0.25, 0.3) is 21.9 Å². The van der Waals surface area contributed by atoms with Crippen molar-refractivity contribution in [1.82, 2.24) is 0 Å². The number of para-hydroxylation sites is 1. The predicted octanol–water partition coefficient (Wildman–Crippen LogP) is 3.55. The Kier molecular flexibility index (Phi) is 2.52. The second-order valence-corrected chi connectivity index (χ2v) is 5.30. The van der Waals surface area contributed by atoms with Gasteiger partial charge in [-0.3, -0.25) is 4.79 Å². The van der Waals surface area contributed by atoms with Gasteiger partial charge in [-0.1, -0.05) is 12.1 Å². The average Bonchev–Trinajstić information content (AvgIpc) is 3.01. The molecule has 3 nitrogen and oxygen atoms in total. The third-order valence-corrected chi connectivity index (χ3v) is 4.03. The SMILES string of the molecule is O=c1c2ccccc2oc2cc(N3CCCC3)ccc12. The van der Waals surface area contributed by atoms with Gasteiger partial charge in [0.15, 0.2) is 0 Å². The predicted molar refractivity (Wildman–Crippen MR) is 81.4 cm³/mol. The summed E-state index contributed by atoms with van der Waals surface area (Å²) in [6.07, 6.45) is 2.47. The Morgan fingerprint density at radius 3 is 2.50 bits per heavy atom. The first-order valence-corrected chi connectivity index (χ1v) is 7.03. The highest BCUT2D eigenvalue weighted by molar-refractivity contribution is 5.91. The summed E-state index contributed by atoms with van der Waals surface area (Å²) in [6.45, 7) is 2.17. The molecule has 1 fully saturated rings. The lowest BCUT2D eigenvalue weighted by Crippen LogP contribution is -2.17. The molecule has 0 radical (unpaired) electrons. The molecule has 1 saturated heterocycles. The molecule has 2 heterocycles. The quantitative estimate of drug-likeness (QED) is 0.631. The minimum Gasteiger partial charge on any atom is -0.456 e. The van der Waals surface area contributed by atoms with Crippen molar-refractivity contribution in [2.24, 2.45) is 0 Å². The van der Waals surface area contributed by atoms with Crippen LogP contribution in [0.2, 0.25) is 0 Å². The molecule has 100 valence electrons. The zero-order valence-corrected chi connectivity index (χ0v) is 11.1. The van der Waals surface area contributed by atoms with Crippen molar-refractivity contribution in [3.8, 4) is 0 Å². The molecule has 0 spiro atoms. The topological polar surface area (TPSA) is 33.5 Å². The third kappa shape index (κ3) is 1.70. The van der Waals surface area contributed by atoms with Gasteiger partial charge < -0.3 is 9.32 Å². The summed E-state index contributed by atoms with van der Waals surface area (Å²) in [5.74, 6) is 0. The lowest BCUT2D eigenvalue weighted by atomic mass is 10.1. The highest BCUT2D eigenvalue weighted by Crippen LogP contribution is 2.25. The Morgan fingerprint density at radius 1 is 0.900 bits per heavy atom. The second kappa shape index (κ2) is 4.37. The van der Waals surface area contributed by atoms with Crippen LogP contribution in [0.3, 0.4) is 0 Å². The molecule has 0 N–H and O–H groups in total. The van der Waals surface area contributed by atoms with Crippen molar-refractivity contribution in [2.45, 2.75) is 12.8 Å². The lowest BCUT2D eigenvalue weighted by molar-refractivity contribution is 0.659. The van der Waals surface area contributed by atoms with Gasteiger partial charge in [0.05, 0.1) is 10.8 Å². The van der Waals surface area contributed by atoms with E-state index in [1.165, 1.54) is 12.8 Å². The molecule has 0 atom stereocenters. The number of anilines is 1. The summed E-state index contributed by atoms with van der Waals surface area (Å²) in [4.78, 5) is 14.8. The number of nitrogens with zero attached hydrogens (tertiary/aromatic N) is 1. The highest BCUT2D eigenvalue weighted by atomic mass is 16.3. The minimum absolute atomic E-state index is 0.0508. The van der Waals surface area contributed by atoms with Gasteiger partial charge in [-0.2, -0.15) is 0 Å². The Bertz CT molecular complexity index is 844. The number of rotatable bonds is 1. The van der Waals surface area contributed by atoms with Crippen molar-refractivity contribution < 1.29 is 4.42 Å². The zero-order valence-electron chi connectivity index (χ0n) is 11.1. The van der Waals surface area contributed by atoms with E-state index in [0.29, 0.717) is 21.9 Å². The van der Waals surface area contributed by atoms with Gasteiger partial charge in [0.1, 0.15) is 11.2 Å². The summed E-state index contributed by atoms with van der Waals surface area (Å²) in [7, 11) is 0. The molecule has 3 heteroatoms. The van der Waals surface area contributed by atoms with E-state index in [-0.39, 0.29) is 5.43 Å². The van der Waals surface area contributed by atoms with Crippen molar-refractivity contribution in [2.75, 3.05) is 18.0 Å². The summed E-state index contributed by atoms with van der Waals surface area (Å²) >= 11 is 0. The van der Waals surface area contributed by atoms with Crippen LogP contribution in [0.1, 0.15) is 12.8 Å². The van der Waals surface area contributed by atoms with Crippen LogP contribution in [-0.2, 0) is 0 Å². The Labute approximate surface area is 116 Å². The number of fused-ring (bicyclic) bond motifs is 2. The fourth-order valence-corrected chi connectivity index (χ4v) is 2.96. The molecule has 1 aliphatic heterocycles. The van der Waals surface area contributed by atoms with Crippen LogP contribution >= 0.6 is 0 Å². The maximum absolute atomic E-state index is 12.4. The maximum atomic E-state index is 12.4. The van der Waals surface area contributed by atoms with Gasteiger partial charge >= 0.3 is 0 Å².